The summed E-state index contributed by atoms with van der Waals surface area (Å²) in [6.07, 6.45) is 8.94. The highest BCUT2D eigenvalue weighted by Gasteiger charge is 2.23. The number of fused-ring (bicyclic) bond motifs is 1. The predicted octanol–water partition coefficient (Wildman–Crippen LogP) is 4.09. The number of hydrogen-bond acceptors (Lipinski definition) is 3. The van der Waals surface area contributed by atoms with Crippen LogP contribution in [-0.4, -0.2) is 67.9 Å². The summed E-state index contributed by atoms with van der Waals surface area (Å²) in [6.45, 7) is 4.23. The Labute approximate surface area is 201 Å². The van der Waals surface area contributed by atoms with Crippen molar-refractivity contribution in [3.05, 3.63) is 35.8 Å². The molecule has 0 aliphatic carbocycles. The molecule has 4 rings (SSSR count). The zero-order valence-electron chi connectivity index (χ0n) is 18.2. The Balaban J connectivity index is 0.00000272. The number of nitrogens with zero attached hydrogens (tertiary/aromatic N) is 2. The maximum Gasteiger partial charge on any atom is 0.193 e. The lowest BCUT2D eigenvalue weighted by atomic mass is 10.1. The van der Waals surface area contributed by atoms with Crippen LogP contribution in [0.1, 0.15) is 37.7 Å². The topological polar surface area (TPSA) is 61.9 Å². The average Bonchev–Trinajstić information content (AvgIpc) is 3.18. The van der Waals surface area contributed by atoms with Gasteiger partial charge in [0.05, 0.1) is 18.8 Å². The van der Waals surface area contributed by atoms with Gasteiger partial charge >= 0.3 is 0 Å². The van der Waals surface area contributed by atoms with E-state index >= 15 is 0 Å². The van der Waals surface area contributed by atoms with Gasteiger partial charge < -0.3 is 24.7 Å². The van der Waals surface area contributed by atoms with E-state index in [0.29, 0.717) is 6.10 Å². The number of rotatable bonds is 6. The van der Waals surface area contributed by atoms with E-state index in [-0.39, 0.29) is 35.9 Å². The number of halogens is 2. The molecule has 172 valence electrons. The molecule has 1 aromatic heterocycles. The second-order valence-electron chi connectivity index (χ2n) is 8.24. The minimum atomic E-state index is -0.202. The molecule has 2 aliphatic heterocycles. The first kappa shape index (κ1) is 24.3. The van der Waals surface area contributed by atoms with Gasteiger partial charge in [-0.05, 0) is 62.3 Å². The molecule has 31 heavy (non-hydrogen) atoms. The lowest BCUT2D eigenvalue weighted by Gasteiger charge is -2.35. The molecule has 6 nitrogen and oxygen atoms in total. The second-order valence-corrected chi connectivity index (χ2v) is 8.24. The summed E-state index contributed by atoms with van der Waals surface area (Å²) in [6, 6.07) is 4.87. The van der Waals surface area contributed by atoms with Gasteiger partial charge in [-0.1, -0.05) is 0 Å². The van der Waals surface area contributed by atoms with Crippen molar-refractivity contribution in [2.75, 3.05) is 39.9 Å². The van der Waals surface area contributed by atoms with Crippen LogP contribution in [0, 0.1) is 5.82 Å². The number of hydrogen-bond donors (Lipinski definition) is 2. The van der Waals surface area contributed by atoms with Crippen molar-refractivity contribution in [3.63, 3.8) is 0 Å². The molecule has 1 unspecified atom stereocenters. The van der Waals surface area contributed by atoms with Crippen LogP contribution in [-0.2, 0) is 15.9 Å². The van der Waals surface area contributed by atoms with E-state index in [2.05, 4.69) is 20.2 Å². The van der Waals surface area contributed by atoms with Gasteiger partial charge in [-0.3, -0.25) is 4.99 Å². The first-order chi connectivity index (χ1) is 14.7. The van der Waals surface area contributed by atoms with Gasteiger partial charge in [-0.25, -0.2) is 4.39 Å². The number of aliphatic imine (C=N–C) groups is 1. The lowest BCUT2D eigenvalue weighted by molar-refractivity contribution is -0.0721. The average molecular weight is 544 g/mol. The van der Waals surface area contributed by atoms with Crippen LogP contribution in [0.15, 0.2) is 29.4 Å². The SMILES string of the molecule is CN=C(NCCc1c[nH]c2ccc(F)cc12)N1CCC(OCC2CCCCO2)CC1.I. The summed E-state index contributed by atoms with van der Waals surface area (Å²) in [5.74, 6) is 0.724. The van der Waals surface area contributed by atoms with E-state index < -0.39 is 0 Å². The van der Waals surface area contributed by atoms with E-state index in [9.17, 15) is 4.39 Å². The summed E-state index contributed by atoms with van der Waals surface area (Å²) >= 11 is 0. The molecule has 1 aromatic carbocycles. The Morgan fingerprint density at radius 2 is 2.13 bits per heavy atom. The molecule has 0 radical (unpaired) electrons. The molecule has 8 heteroatoms. The molecule has 0 spiro atoms. The Morgan fingerprint density at radius 1 is 1.29 bits per heavy atom. The first-order valence-corrected chi connectivity index (χ1v) is 11.2. The molecular formula is C23H34FIN4O2. The van der Waals surface area contributed by atoms with Crippen molar-refractivity contribution in [2.45, 2.75) is 50.7 Å². The number of piperidine rings is 1. The number of benzene rings is 1. The molecule has 2 saturated heterocycles. The molecule has 1 atom stereocenters. The number of H-pyrrole nitrogens is 1. The number of aromatic nitrogens is 1. The number of guanidine groups is 1. The van der Waals surface area contributed by atoms with Crippen molar-refractivity contribution < 1.29 is 13.9 Å². The quantitative estimate of drug-likeness (QED) is 0.327. The second kappa shape index (κ2) is 12.0. The Hall–Kier alpha value is -1.39. The van der Waals surface area contributed by atoms with Gasteiger partial charge in [-0.15, -0.1) is 24.0 Å². The maximum absolute atomic E-state index is 13.6. The molecule has 3 heterocycles. The zero-order chi connectivity index (χ0) is 20.8. The van der Waals surface area contributed by atoms with Crippen molar-refractivity contribution >= 4 is 40.8 Å². The van der Waals surface area contributed by atoms with Crippen LogP contribution < -0.4 is 5.32 Å². The summed E-state index contributed by atoms with van der Waals surface area (Å²) in [5, 5.41) is 4.41. The summed E-state index contributed by atoms with van der Waals surface area (Å²) in [4.78, 5) is 9.97. The Morgan fingerprint density at radius 3 is 2.87 bits per heavy atom. The third kappa shape index (κ3) is 6.55. The Bertz CT molecular complexity index is 845. The van der Waals surface area contributed by atoms with Crippen LogP contribution >= 0.6 is 24.0 Å². The first-order valence-electron chi connectivity index (χ1n) is 11.2. The van der Waals surface area contributed by atoms with Gasteiger partial charge in [0.15, 0.2) is 5.96 Å². The molecule has 2 aromatic rings. The molecule has 0 saturated carbocycles. The number of nitrogens with one attached hydrogen (secondary N) is 2. The molecule has 2 aliphatic rings. The van der Waals surface area contributed by atoms with E-state index in [1.807, 2.05) is 13.2 Å². The molecule has 2 fully saturated rings. The van der Waals surface area contributed by atoms with Gasteiger partial charge in [0.2, 0.25) is 0 Å². The van der Waals surface area contributed by atoms with E-state index in [1.165, 1.54) is 18.9 Å². The molecule has 0 bridgehead atoms. The number of aromatic amines is 1. The van der Waals surface area contributed by atoms with E-state index in [0.717, 1.165) is 81.0 Å². The van der Waals surface area contributed by atoms with Crippen LogP contribution in [0.2, 0.25) is 0 Å². The highest BCUT2D eigenvalue weighted by atomic mass is 127. The molecular weight excluding hydrogens is 510 g/mol. The minimum absolute atomic E-state index is 0. The van der Waals surface area contributed by atoms with Crippen LogP contribution in [0.5, 0.6) is 0 Å². The van der Waals surface area contributed by atoms with E-state index in [1.54, 1.807) is 12.1 Å². The molecule has 2 N–H and O–H groups in total. The van der Waals surface area contributed by atoms with Gasteiger partial charge in [0, 0.05) is 50.4 Å². The van der Waals surface area contributed by atoms with Crippen molar-refractivity contribution in [1.29, 1.82) is 0 Å². The zero-order valence-corrected chi connectivity index (χ0v) is 20.6. The highest BCUT2D eigenvalue weighted by molar-refractivity contribution is 14.0. The van der Waals surface area contributed by atoms with Crippen LogP contribution in [0.3, 0.4) is 0 Å². The van der Waals surface area contributed by atoms with Crippen molar-refractivity contribution in [2.24, 2.45) is 4.99 Å². The lowest BCUT2D eigenvalue weighted by Crippen LogP contribution is -2.47. The smallest absolute Gasteiger partial charge is 0.193 e. The standard InChI is InChI=1S/C23H33FN4O2.HI/c1-25-23(26-10-7-17-15-27-22-6-5-18(24)14-21(17)22)28-11-8-19(9-12-28)30-16-20-4-2-3-13-29-20;/h5-6,14-15,19-20,27H,2-4,7-13,16H2,1H3,(H,25,26);1H. The van der Waals surface area contributed by atoms with Gasteiger partial charge in [0.1, 0.15) is 5.82 Å². The summed E-state index contributed by atoms with van der Waals surface area (Å²) < 4.78 is 25.4. The van der Waals surface area contributed by atoms with Gasteiger partial charge in [0.25, 0.3) is 0 Å². The third-order valence-electron chi connectivity index (χ3n) is 6.15. The van der Waals surface area contributed by atoms with Crippen molar-refractivity contribution in [1.82, 2.24) is 15.2 Å². The Kier molecular flexibility index (Phi) is 9.40. The fourth-order valence-corrected chi connectivity index (χ4v) is 4.42. The summed E-state index contributed by atoms with van der Waals surface area (Å²) in [5.41, 5.74) is 2.08. The number of likely N-dealkylation sites (tertiary alicyclic amines) is 1. The predicted molar refractivity (Wildman–Crippen MR) is 133 cm³/mol. The van der Waals surface area contributed by atoms with Gasteiger partial charge in [-0.2, -0.15) is 0 Å². The molecule has 0 amide bonds. The van der Waals surface area contributed by atoms with E-state index in [4.69, 9.17) is 9.47 Å². The third-order valence-corrected chi connectivity index (χ3v) is 6.15. The maximum atomic E-state index is 13.6. The van der Waals surface area contributed by atoms with Crippen LogP contribution in [0.4, 0.5) is 4.39 Å². The van der Waals surface area contributed by atoms with Crippen molar-refractivity contribution in [3.8, 4) is 0 Å². The normalized spacial score (nSPS) is 20.6. The highest BCUT2D eigenvalue weighted by Crippen LogP contribution is 2.20. The monoisotopic (exact) mass is 544 g/mol. The fraction of sp³-hybridized carbons (Fsp3) is 0.609. The van der Waals surface area contributed by atoms with Crippen LogP contribution in [0.25, 0.3) is 10.9 Å². The summed E-state index contributed by atoms with van der Waals surface area (Å²) in [7, 11) is 1.83. The largest absolute Gasteiger partial charge is 0.376 e. The fourth-order valence-electron chi connectivity index (χ4n) is 4.42. The minimum Gasteiger partial charge on any atom is -0.376 e. The number of ether oxygens (including phenoxy) is 2.